The van der Waals surface area contributed by atoms with Gasteiger partial charge in [-0.05, 0) is 24.3 Å². The molecule has 10 nitrogen and oxygen atoms in total. The first-order chi connectivity index (χ1) is 14.0. The highest BCUT2D eigenvalue weighted by molar-refractivity contribution is 6.00. The molecule has 2 heterocycles. The summed E-state index contributed by atoms with van der Waals surface area (Å²) in [6, 6.07) is 8.98. The van der Waals surface area contributed by atoms with E-state index in [0.29, 0.717) is 17.2 Å². The minimum absolute atomic E-state index is 0.0583. The van der Waals surface area contributed by atoms with Crippen molar-refractivity contribution in [2.75, 3.05) is 25.3 Å². The minimum atomic E-state index is -0.755. The topological polar surface area (TPSA) is 117 Å². The first kappa shape index (κ1) is 18.5. The fraction of sp³-hybridized carbons (Fsp3) is 0.263. The van der Waals surface area contributed by atoms with E-state index in [0.717, 1.165) is 0 Å². The smallest absolute Gasteiger partial charge is 0.316 e. The largest absolute Gasteiger partial charge is 0.496 e. The van der Waals surface area contributed by atoms with Crippen molar-refractivity contribution in [1.29, 1.82) is 0 Å². The lowest BCUT2D eigenvalue weighted by Gasteiger charge is -2.17. The molecule has 150 valence electrons. The van der Waals surface area contributed by atoms with Gasteiger partial charge in [-0.25, -0.2) is 0 Å². The molecule has 4 rings (SSSR count). The van der Waals surface area contributed by atoms with Crippen LogP contribution in [-0.4, -0.2) is 37.2 Å². The lowest BCUT2D eigenvalue weighted by atomic mass is 10.1. The maximum Gasteiger partial charge on any atom is 0.316 e. The Bertz CT molecular complexity index is 1010. The highest BCUT2D eigenvalue weighted by Gasteiger charge is 2.37. The van der Waals surface area contributed by atoms with Gasteiger partial charge in [0.15, 0.2) is 11.5 Å². The molecule has 1 amide bonds. The number of fused-ring (bicyclic) bond motifs is 1. The summed E-state index contributed by atoms with van der Waals surface area (Å²) in [6.07, 6.45) is -0.0583. The van der Waals surface area contributed by atoms with E-state index in [1.54, 1.807) is 18.2 Å². The highest BCUT2D eigenvalue weighted by Crippen LogP contribution is 2.38. The molecule has 2 aliphatic rings. The Morgan fingerprint density at radius 1 is 1.21 bits per heavy atom. The monoisotopic (exact) mass is 400 g/mol. The molecule has 10 heteroatoms. The molecule has 0 saturated carbocycles. The van der Waals surface area contributed by atoms with Crippen molar-refractivity contribution in [3.8, 4) is 23.0 Å². The van der Waals surface area contributed by atoms with Crippen LogP contribution < -0.4 is 23.8 Å². The second-order valence-corrected chi connectivity index (χ2v) is 6.45. The minimum Gasteiger partial charge on any atom is -0.496 e. The Morgan fingerprint density at radius 3 is 2.76 bits per heavy atom. The average molecular weight is 400 g/mol. The number of nitro groups is 1. The second kappa shape index (κ2) is 7.30. The summed E-state index contributed by atoms with van der Waals surface area (Å²) in [7, 11) is 1.37. The van der Waals surface area contributed by atoms with Crippen LogP contribution in [0.1, 0.15) is 6.42 Å². The van der Waals surface area contributed by atoms with Crippen LogP contribution in [0.15, 0.2) is 36.4 Å². The van der Waals surface area contributed by atoms with Crippen molar-refractivity contribution in [3.05, 3.63) is 46.5 Å². The third-order valence-corrected chi connectivity index (χ3v) is 4.70. The molecule has 1 atom stereocenters. The molecule has 1 fully saturated rings. The average Bonchev–Trinajstić information content (AvgIpc) is 3.33. The summed E-state index contributed by atoms with van der Waals surface area (Å²) in [4.78, 5) is 37.0. The van der Waals surface area contributed by atoms with Gasteiger partial charge in [-0.1, -0.05) is 0 Å². The number of hydrogen-bond acceptors (Lipinski definition) is 8. The van der Waals surface area contributed by atoms with Crippen LogP contribution in [-0.2, 0) is 9.59 Å². The summed E-state index contributed by atoms with van der Waals surface area (Å²) < 4.78 is 20.8. The maximum absolute atomic E-state index is 12.6. The number of methoxy groups -OCH3 is 1. The van der Waals surface area contributed by atoms with Crippen LogP contribution >= 0.6 is 0 Å². The molecule has 0 spiro atoms. The molecule has 2 aromatic rings. The summed E-state index contributed by atoms with van der Waals surface area (Å²) in [6.45, 7) is 0.212. The van der Waals surface area contributed by atoms with Gasteiger partial charge < -0.3 is 23.8 Å². The number of rotatable bonds is 5. The fourth-order valence-corrected chi connectivity index (χ4v) is 3.21. The predicted octanol–water partition coefficient (Wildman–Crippen LogP) is 2.29. The van der Waals surface area contributed by atoms with Crippen LogP contribution in [0.4, 0.5) is 11.4 Å². The van der Waals surface area contributed by atoms with Gasteiger partial charge in [-0.15, -0.1) is 0 Å². The molecule has 1 unspecified atom stereocenters. The SMILES string of the molecule is COc1ccc(OC(=O)C2CC(=O)N(c3ccc4c(c3)OCO4)C2)c([N+](=O)[O-])c1. The molecule has 2 aliphatic heterocycles. The van der Waals surface area contributed by atoms with Gasteiger partial charge >= 0.3 is 11.7 Å². The molecule has 0 aromatic heterocycles. The van der Waals surface area contributed by atoms with Gasteiger partial charge in [0.25, 0.3) is 0 Å². The number of carbonyl (C=O) groups is 2. The number of hydrogen-bond donors (Lipinski definition) is 0. The van der Waals surface area contributed by atoms with Crippen molar-refractivity contribution in [2.45, 2.75) is 6.42 Å². The van der Waals surface area contributed by atoms with E-state index in [-0.39, 0.29) is 37.2 Å². The Balaban J connectivity index is 1.49. The second-order valence-electron chi connectivity index (χ2n) is 6.45. The summed E-state index contributed by atoms with van der Waals surface area (Å²) in [5, 5.41) is 11.2. The normalized spacial score (nSPS) is 17.3. The lowest BCUT2D eigenvalue weighted by molar-refractivity contribution is -0.385. The van der Waals surface area contributed by atoms with Crippen LogP contribution in [0.25, 0.3) is 0 Å². The van der Waals surface area contributed by atoms with E-state index in [1.807, 2.05) is 0 Å². The van der Waals surface area contributed by atoms with Crippen LogP contribution in [0, 0.1) is 16.0 Å². The highest BCUT2D eigenvalue weighted by atomic mass is 16.7. The Labute approximate surface area is 164 Å². The number of esters is 1. The van der Waals surface area contributed by atoms with E-state index in [4.69, 9.17) is 18.9 Å². The molecule has 0 N–H and O–H groups in total. The van der Waals surface area contributed by atoms with E-state index in [2.05, 4.69) is 0 Å². The van der Waals surface area contributed by atoms with E-state index in [1.165, 1.54) is 30.2 Å². The van der Waals surface area contributed by atoms with Crippen molar-refractivity contribution < 1.29 is 33.5 Å². The summed E-state index contributed by atoms with van der Waals surface area (Å²) in [5.74, 6) is -0.547. The molecule has 2 aromatic carbocycles. The summed E-state index contributed by atoms with van der Waals surface area (Å²) >= 11 is 0. The number of carbonyl (C=O) groups excluding carboxylic acids is 2. The maximum atomic E-state index is 12.6. The number of benzene rings is 2. The molecule has 1 saturated heterocycles. The zero-order chi connectivity index (χ0) is 20.5. The number of nitro benzene ring substituents is 1. The zero-order valence-electron chi connectivity index (χ0n) is 15.3. The lowest BCUT2D eigenvalue weighted by Crippen LogP contribution is -2.27. The number of amides is 1. The van der Waals surface area contributed by atoms with E-state index >= 15 is 0 Å². The van der Waals surface area contributed by atoms with Crippen molar-refractivity contribution in [3.63, 3.8) is 0 Å². The molecule has 29 heavy (non-hydrogen) atoms. The molecular formula is C19H16N2O8. The molecular weight excluding hydrogens is 384 g/mol. The third-order valence-electron chi connectivity index (χ3n) is 4.70. The van der Waals surface area contributed by atoms with Crippen LogP contribution in [0.3, 0.4) is 0 Å². The number of ether oxygens (including phenoxy) is 4. The van der Waals surface area contributed by atoms with Crippen molar-refractivity contribution in [1.82, 2.24) is 0 Å². The molecule has 0 aliphatic carbocycles. The third kappa shape index (κ3) is 3.51. The van der Waals surface area contributed by atoms with Gasteiger partial charge in [0, 0.05) is 24.7 Å². The first-order valence-electron chi connectivity index (χ1n) is 8.70. The first-order valence-corrected chi connectivity index (χ1v) is 8.70. The molecule has 0 radical (unpaired) electrons. The predicted molar refractivity (Wildman–Crippen MR) is 98.3 cm³/mol. The zero-order valence-corrected chi connectivity index (χ0v) is 15.3. The number of anilines is 1. The van der Waals surface area contributed by atoms with E-state index in [9.17, 15) is 19.7 Å². The van der Waals surface area contributed by atoms with E-state index < -0.39 is 22.5 Å². The Morgan fingerprint density at radius 2 is 2.00 bits per heavy atom. The van der Waals surface area contributed by atoms with Gasteiger partial charge in [-0.2, -0.15) is 0 Å². The van der Waals surface area contributed by atoms with Gasteiger partial charge in [0.1, 0.15) is 5.75 Å². The Kier molecular flexibility index (Phi) is 4.67. The fourth-order valence-electron chi connectivity index (χ4n) is 3.21. The summed E-state index contributed by atoms with van der Waals surface area (Å²) in [5.41, 5.74) is 0.180. The van der Waals surface area contributed by atoms with Gasteiger partial charge in [0.05, 0.1) is 24.0 Å². The quantitative estimate of drug-likeness (QED) is 0.325. The van der Waals surface area contributed by atoms with Crippen molar-refractivity contribution in [2.24, 2.45) is 5.92 Å². The van der Waals surface area contributed by atoms with Crippen LogP contribution in [0.2, 0.25) is 0 Å². The van der Waals surface area contributed by atoms with Crippen LogP contribution in [0.5, 0.6) is 23.0 Å². The Hall–Kier alpha value is -3.82. The number of nitrogens with zero attached hydrogens (tertiary/aromatic N) is 2. The standard InChI is InChI=1S/C19H16N2O8/c1-26-13-3-5-15(14(8-13)21(24)25)29-19(23)11-6-18(22)20(9-11)12-2-4-16-17(7-12)28-10-27-16/h2-5,7-8,11H,6,9-10H2,1H3. The van der Waals surface area contributed by atoms with Gasteiger partial charge in [0.2, 0.25) is 18.4 Å². The van der Waals surface area contributed by atoms with Crippen molar-refractivity contribution >= 4 is 23.3 Å². The molecule has 0 bridgehead atoms. The van der Waals surface area contributed by atoms with Gasteiger partial charge in [-0.3, -0.25) is 19.7 Å².